The summed E-state index contributed by atoms with van der Waals surface area (Å²) in [5, 5.41) is 9.78. The lowest BCUT2D eigenvalue weighted by Gasteiger charge is -2.25. The van der Waals surface area contributed by atoms with Crippen LogP contribution in [0.1, 0.15) is 71.6 Å². The van der Waals surface area contributed by atoms with Crippen LogP contribution < -0.4 is 16.0 Å². The van der Waals surface area contributed by atoms with E-state index in [9.17, 15) is 4.79 Å². The second kappa shape index (κ2) is 9.90. The Hall–Kier alpha value is -1.26. The molecule has 1 amide bonds. The molecule has 0 aromatic heterocycles. The van der Waals surface area contributed by atoms with E-state index in [1.807, 2.05) is 0 Å². The summed E-state index contributed by atoms with van der Waals surface area (Å²) >= 11 is 0. The van der Waals surface area contributed by atoms with Gasteiger partial charge in [0.2, 0.25) is 5.91 Å². The molecule has 2 aliphatic carbocycles. The standard InChI is InChI=1S/C19H36N4O/c1-3-19(11-5-6-12-19)15-23-18(20-4-2)22-14-8-13-21-17(24)16-9-7-10-16/h16H,3-15H2,1-2H3,(H,21,24)(H2,20,22,23). The Labute approximate surface area is 147 Å². The van der Waals surface area contributed by atoms with Gasteiger partial charge in [0.1, 0.15) is 0 Å². The van der Waals surface area contributed by atoms with Gasteiger partial charge in [-0.2, -0.15) is 0 Å². The third kappa shape index (κ3) is 5.67. The number of amides is 1. The molecule has 0 aromatic rings. The predicted molar refractivity (Wildman–Crippen MR) is 100 cm³/mol. The quantitative estimate of drug-likeness (QED) is 0.345. The lowest BCUT2D eigenvalue weighted by atomic mass is 9.84. The first-order chi connectivity index (χ1) is 11.7. The van der Waals surface area contributed by atoms with Crippen molar-refractivity contribution < 1.29 is 4.79 Å². The van der Waals surface area contributed by atoms with Crippen LogP contribution in [0.15, 0.2) is 4.99 Å². The Balaban J connectivity index is 1.66. The fourth-order valence-electron chi connectivity index (χ4n) is 3.66. The normalized spacial score (nSPS) is 20.5. The topological polar surface area (TPSA) is 65.5 Å². The Bertz CT molecular complexity index is 412. The number of carbonyl (C=O) groups excluding carboxylic acids is 1. The highest BCUT2D eigenvalue weighted by atomic mass is 16.1. The van der Waals surface area contributed by atoms with E-state index in [1.54, 1.807) is 0 Å². The van der Waals surface area contributed by atoms with Gasteiger partial charge in [-0.3, -0.25) is 9.79 Å². The fraction of sp³-hybridized carbons (Fsp3) is 0.895. The molecule has 2 fully saturated rings. The molecule has 0 heterocycles. The maximum absolute atomic E-state index is 11.8. The summed E-state index contributed by atoms with van der Waals surface area (Å²) in [7, 11) is 0. The van der Waals surface area contributed by atoms with Crippen molar-refractivity contribution in [1.29, 1.82) is 0 Å². The summed E-state index contributed by atoms with van der Waals surface area (Å²) in [4.78, 5) is 16.6. The van der Waals surface area contributed by atoms with Gasteiger partial charge in [0, 0.05) is 32.1 Å². The van der Waals surface area contributed by atoms with Crippen LogP contribution in [0.2, 0.25) is 0 Å². The molecule has 0 atom stereocenters. The lowest BCUT2D eigenvalue weighted by molar-refractivity contribution is -0.127. The van der Waals surface area contributed by atoms with Gasteiger partial charge in [-0.25, -0.2) is 0 Å². The number of aliphatic imine (C=N–C) groups is 1. The van der Waals surface area contributed by atoms with Gasteiger partial charge < -0.3 is 16.0 Å². The molecule has 0 bridgehead atoms. The molecular weight excluding hydrogens is 300 g/mol. The van der Waals surface area contributed by atoms with Gasteiger partial charge in [0.15, 0.2) is 5.96 Å². The molecule has 0 unspecified atom stereocenters. The highest BCUT2D eigenvalue weighted by molar-refractivity contribution is 5.80. The third-order valence-corrected chi connectivity index (χ3v) is 5.75. The first-order valence-corrected chi connectivity index (χ1v) is 9.99. The zero-order valence-electron chi connectivity index (χ0n) is 15.6. The first kappa shape index (κ1) is 19.1. The number of rotatable bonds is 9. The molecule has 0 aliphatic heterocycles. The third-order valence-electron chi connectivity index (χ3n) is 5.75. The largest absolute Gasteiger partial charge is 0.357 e. The number of carbonyl (C=O) groups is 1. The fourth-order valence-corrected chi connectivity index (χ4v) is 3.66. The molecule has 0 saturated heterocycles. The predicted octanol–water partition coefficient (Wildman–Crippen LogP) is 2.82. The summed E-state index contributed by atoms with van der Waals surface area (Å²) in [6.45, 7) is 7.80. The van der Waals surface area contributed by atoms with Crippen molar-refractivity contribution in [1.82, 2.24) is 16.0 Å². The smallest absolute Gasteiger partial charge is 0.223 e. The SMILES string of the molecule is CCNC(=NCC1(CC)CCCC1)NCCCNC(=O)C1CCC1. The van der Waals surface area contributed by atoms with Crippen LogP contribution in [-0.2, 0) is 4.79 Å². The molecule has 2 saturated carbocycles. The van der Waals surface area contributed by atoms with E-state index < -0.39 is 0 Å². The van der Waals surface area contributed by atoms with E-state index in [-0.39, 0.29) is 11.8 Å². The van der Waals surface area contributed by atoms with E-state index in [1.165, 1.54) is 38.5 Å². The van der Waals surface area contributed by atoms with E-state index in [4.69, 9.17) is 4.99 Å². The van der Waals surface area contributed by atoms with Crippen LogP contribution in [0.5, 0.6) is 0 Å². The van der Waals surface area contributed by atoms with E-state index in [0.29, 0.717) is 5.41 Å². The van der Waals surface area contributed by atoms with Gasteiger partial charge in [0.05, 0.1) is 0 Å². The number of hydrogen-bond donors (Lipinski definition) is 3. The second-order valence-corrected chi connectivity index (χ2v) is 7.46. The minimum absolute atomic E-state index is 0.243. The van der Waals surface area contributed by atoms with Gasteiger partial charge in [-0.1, -0.05) is 26.2 Å². The molecule has 0 radical (unpaired) electrons. The first-order valence-electron chi connectivity index (χ1n) is 9.99. The van der Waals surface area contributed by atoms with Crippen LogP contribution in [0.3, 0.4) is 0 Å². The zero-order valence-corrected chi connectivity index (χ0v) is 15.6. The summed E-state index contributed by atoms with van der Waals surface area (Å²) in [5.41, 5.74) is 0.430. The minimum Gasteiger partial charge on any atom is -0.357 e. The molecule has 5 nitrogen and oxygen atoms in total. The number of nitrogens with zero attached hydrogens (tertiary/aromatic N) is 1. The summed E-state index contributed by atoms with van der Waals surface area (Å²) in [6, 6.07) is 0. The minimum atomic E-state index is 0.243. The van der Waals surface area contributed by atoms with E-state index in [0.717, 1.165) is 51.4 Å². The molecule has 0 spiro atoms. The molecular formula is C19H36N4O. The van der Waals surface area contributed by atoms with E-state index >= 15 is 0 Å². The van der Waals surface area contributed by atoms with Crippen molar-refractivity contribution in [3.8, 4) is 0 Å². The van der Waals surface area contributed by atoms with Crippen LogP contribution in [0, 0.1) is 11.3 Å². The van der Waals surface area contributed by atoms with Crippen molar-refractivity contribution in [3.05, 3.63) is 0 Å². The Morgan fingerprint density at radius 2 is 1.75 bits per heavy atom. The average Bonchev–Trinajstić information content (AvgIpc) is 3.00. The molecule has 138 valence electrons. The Morgan fingerprint density at radius 3 is 2.33 bits per heavy atom. The van der Waals surface area contributed by atoms with Gasteiger partial charge in [-0.15, -0.1) is 0 Å². The molecule has 2 aliphatic rings. The molecule has 5 heteroatoms. The van der Waals surface area contributed by atoms with Crippen LogP contribution in [0.4, 0.5) is 0 Å². The number of nitrogens with one attached hydrogen (secondary N) is 3. The van der Waals surface area contributed by atoms with Crippen molar-refractivity contribution in [2.24, 2.45) is 16.3 Å². The Morgan fingerprint density at radius 1 is 1.04 bits per heavy atom. The van der Waals surface area contributed by atoms with Crippen LogP contribution >= 0.6 is 0 Å². The Kier molecular flexibility index (Phi) is 7.86. The highest BCUT2D eigenvalue weighted by Gasteiger charge is 2.31. The zero-order chi connectivity index (χ0) is 17.3. The maximum Gasteiger partial charge on any atom is 0.223 e. The monoisotopic (exact) mass is 336 g/mol. The lowest BCUT2D eigenvalue weighted by Crippen LogP contribution is -2.40. The maximum atomic E-state index is 11.8. The van der Waals surface area contributed by atoms with Crippen molar-refractivity contribution >= 4 is 11.9 Å². The summed E-state index contributed by atoms with van der Waals surface area (Å²) < 4.78 is 0. The molecule has 0 aromatic carbocycles. The molecule has 3 N–H and O–H groups in total. The van der Waals surface area contributed by atoms with Crippen molar-refractivity contribution in [2.75, 3.05) is 26.2 Å². The summed E-state index contributed by atoms with van der Waals surface area (Å²) in [6.07, 6.45) is 10.9. The van der Waals surface area contributed by atoms with Gasteiger partial charge in [-0.05, 0) is 50.9 Å². The average molecular weight is 337 g/mol. The van der Waals surface area contributed by atoms with Gasteiger partial charge >= 0.3 is 0 Å². The number of guanidine groups is 1. The second-order valence-electron chi connectivity index (χ2n) is 7.46. The van der Waals surface area contributed by atoms with Gasteiger partial charge in [0.25, 0.3) is 0 Å². The molecule has 24 heavy (non-hydrogen) atoms. The summed E-state index contributed by atoms with van der Waals surface area (Å²) in [5.74, 6) is 1.45. The van der Waals surface area contributed by atoms with E-state index in [2.05, 4.69) is 29.8 Å². The van der Waals surface area contributed by atoms with Crippen LogP contribution in [-0.4, -0.2) is 38.0 Å². The van der Waals surface area contributed by atoms with Crippen LogP contribution in [0.25, 0.3) is 0 Å². The van der Waals surface area contributed by atoms with Crippen molar-refractivity contribution in [3.63, 3.8) is 0 Å². The van der Waals surface area contributed by atoms with Crippen molar-refractivity contribution in [2.45, 2.75) is 71.6 Å². The molecule has 2 rings (SSSR count). The number of hydrogen-bond acceptors (Lipinski definition) is 2. The highest BCUT2D eigenvalue weighted by Crippen LogP contribution is 2.41.